The monoisotopic (exact) mass is 522 g/mol. The molecule has 6 rings (SSSR count). The number of nitrogen functional groups attached to an aromatic ring is 1. The van der Waals surface area contributed by atoms with Crippen molar-refractivity contribution >= 4 is 22.9 Å². The van der Waals surface area contributed by atoms with E-state index >= 15 is 0 Å². The first-order valence-electron chi connectivity index (χ1n) is 12.5. The summed E-state index contributed by atoms with van der Waals surface area (Å²) in [5.41, 5.74) is 12.5. The van der Waals surface area contributed by atoms with Crippen LogP contribution in [0.4, 0.5) is 5.82 Å². The molecule has 0 saturated heterocycles. The summed E-state index contributed by atoms with van der Waals surface area (Å²) in [4.78, 5) is 30.6. The summed E-state index contributed by atoms with van der Waals surface area (Å²) in [6.07, 6.45) is 3.09. The highest BCUT2D eigenvalue weighted by Gasteiger charge is 2.19. The number of hydrogen-bond donors (Lipinski definition) is 2. The molecule has 0 bridgehead atoms. The number of pyridine rings is 3. The lowest BCUT2D eigenvalue weighted by molar-refractivity contribution is 0.0950. The number of anilines is 1. The van der Waals surface area contributed by atoms with Crippen molar-refractivity contribution in [1.29, 1.82) is 5.26 Å². The molecule has 3 N–H and O–H groups in total. The quantitative estimate of drug-likeness (QED) is 0.317. The van der Waals surface area contributed by atoms with Gasteiger partial charge in [0.15, 0.2) is 11.5 Å². The van der Waals surface area contributed by atoms with E-state index in [4.69, 9.17) is 21.0 Å². The Balaban J connectivity index is 1.36. The van der Waals surface area contributed by atoms with E-state index in [1.165, 1.54) is 12.3 Å². The lowest BCUT2D eigenvalue weighted by Gasteiger charge is -2.12. The molecular weight excluding hydrogens is 500 g/mol. The van der Waals surface area contributed by atoms with E-state index in [2.05, 4.69) is 15.3 Å². The number of nitrogens with zero attached hydrogens (tertiary/aromatic N) is 6. The zero-order valence-electron chi connectivity index (χ0n) is 21.2. The van der Waals surface area contributed by atoms with Crippen LogP contribution < -0.4 is 11.1 Å². The molecule has 192 valence electrons. The lowest BCUT2D eigenvalue weighted by Crippen LogP contribution is -2.22. The van der Waals surface area contributed by atoms with Crippen LogP contribution in [-0.4, -0.2) is 30.4 Å². The molecule has 0 spiro atoms. The molecule has 0 aliphatic rings. The summed E-state index contributed by atoms with van der Waals surface area (Å²) >= 11 is 0. The smallest absolute Gasteiger partial charge is 0.251 e. The molecule has 0 unspecified atom stereocenters. The summed E-state index contributed by atoms with van der Waals surface area (Å²) in [6, 6.07) is 30.4. The Morgan fingerprint density at radius 3 is 2.50 bits per heavy atom. The number of fused-ring (bicyclic) bond motifs is 1. The van der Waals surface area contributed by atoms with Crippen LogP contribution in [0.1, 0.15) is 21.6 Å². The highest BCUT2D eigenvalue weighted by molar-refractivity contribution is 5.94. The van der Waals surface area contributed by atoms with Gasteiger partial charge < -0.3 is 11.1 Å². The molecule has 0 aliphatic carbocycles. The maximum Gasteiger partial charge on any atom is 0.251 e. The van der Waals surface area contributed by atoms with Crippen LogP contribution in [0.25, 0.3) is 39.5 Å². The molecule has 2 aromatic carbocycles. The van der Waals surface area contributed by atoms with Crippen LogP contribution in [0.5, 0.6) is 0 Å². The predicted octanol–water partition coefficient (Wildman–Crippen LogP) is 4.93. The minimum absolute atomic E-state index is 0.193. The Morgan fingerprint density at radius 2 is 1.73 bits per heavy atom. The van der Waals surface area contributed by atoms with Gasteiger partial charge in [-0.05, 0) is 54.1 Å². The average molecular weight is 523 g/mol. The number of carbonyl (C=O) groups excluding carboxylic acids is 1. The Bertz CT molecular complexity index is 1890. The molecular formula is C31H22N8O. The minimum atomic E-state index is -0.282. The molecule has 9 nitrogen and oxygen atoms in total. The molecule has 0 fully saturated rings. The maximum atomic E-state index is 12.6. The van der Waals surface area contributed by atoms with Crippen LogP contribution in [0.15, 0.2) is 103 Å². The third kappa shape index (κ3) is 4.73. The molecule has 4 aromatic heterocycles. The number of nitriles is 1. The molecule has 0 saturated carbocycles. The zero-order valence-corrected chi connectivity index (χ0v) is 21.2. The summed E-state index contributed by atoms with van der Waals surface area (Å²) in [5, 5.41) is 11.9. The number of rotatable bonds is 6. The highest BCUT2D eigenvalue weighted by atomic mass is 16.1. The summed E-state index contributed by atoms with van der Waals surface area (Å²) in [5.74, 6) is 0.721. The van der Waals surface area contributed by atoms with Gasteiger partial charge in [0.25, 0.3) is 5.91 Å². The van der Waals surface area contributed by atoms with Gasteiger partial charge in [0, 0.05) is 35.8 Å². The van der Waals surface area contributed by atoms with Crippen molar-refractivity contribution in [2.45, 2.75) is 6.54 Å². The SMILES string of the molecule is N#Cc1cc(C(=O)NCc2ccc(-n3c(-c4cccnc4N)nc4ccc(-c5ccccc5)nc43)cc2)ccn1. The van der Waals surface area contributed by atoms with E-state index < -0.39 is 0 Å². The van der Waals surface area contributed by atoms with Gasteiger partial charge in [0.05, 0.1) is 11.3 Å². The largest absolute Gasteiger partial charge is 0.383 e. The van der Waals surface area contributed by atoms with E-state index in [0.717, 1.165) is 28.0 Å². The maximum absolute atomic E-state index is 12.6. The van der Waals surface area contributed by atoms with Crippen molar-refractivity contribution in [2.75, 3.05) is 5.73 Å². The Labute approximate surface area is 229 Å². The van der Waals surface area contributed by atoms with Crippen molar-refractivity contribution in [2.24, 2.45) is 0 Å². The Hall–Kier alpha value is -5.88. The minimum Gasteiger partial charge on any atom is -0.383 e. The van der Waals surface area contributed by atoms with Crippen LogP contribution >= 0.6 is 0 Å². The van der Waals surface area contributed by atoms with Gasteiger partial charge >= 0.3 is 0 Å². The first-order chi connectivity index (χ1) is 19.6. The molecule has 40 heavy (non-hydrogen) atoms. The number of nitrogens with one attached hydrogen (secondary N) is 1. The Morgan fingerprint density at radius 1 is 0.900 bits per heavy atom. The fourth-order valence-corrected chi connectivity index (χ4v) is 4.44. The number of benzene rings is 2. The molecule has 1 amide bonds. The van der Waals surface area contributed by atoms with E-state index in [0.29, 0.717) is 35.0 Å². The van der Waals surface area contributed by atoms with Crippen molar-refractivity contribution in [3.63, 3.8) is 0 Å². The summed E-state index contributed by atoms with van der Waals surface area (Å²) in [7, 11) is 0. The summed E-state index contributed by atoms with van der Waals surface area (Å²) in [6.45, 7) is 0.312. The number of nitrogens with two attached hydrogens (primary N) is 1. The van der Waals surface area contributed by atoms with Crippen LogP contribution in [-0.2, 0) is 6.54 Å². The van der Waals surface area contributed by atoms with Gasteiger partial charge in [0.1, 0.15) is 23.1 Å². The van der Waals surface area contributed by atoms with E-state index in [9.17, 15) is 4.79 Å². The van der Waals surface area contributed by atoms with Gasteiger partial charge in [-0.1, -0.05) is 42.5 Å². The fraction of sp³-hybridized carbons (Fsp3) is 0.0323. The van der Waals surface area contributed by atoms with E-state index in [1.807, 2.05) is 89.5 Å². The van der Waals surface area contributed by atoms with E-state index in [-0.39, 0.29) is 11.6 Å². The van der Waals surface area contributed by atoms with Crippen LogP contribution in [0.3, 0.4) is 0 Å². The second kappa shape index (κ2) is 10.5. The topological polar surface area (TPSA) is 135 Å². The number of amides is 1. The predicted molar refractivity (Wildman–Crippen MR) is 152 cm³/mol. The van der Waals surface area contributed by atoms with Gasteiger partial charge in [-0.3, -0.25) is 9.36 Å². The number of aromatic nitrogens is 5. The molecule has 4 heterocycles. The lowest BCUT2D eigenvalue weighted by atomic mass is 10.1. The Kier molecular flexibility index (Phi) is 6.40. The standard InChI is InChI=1S/C31H22N8O/c32-18-23-17-22(14-16-34-23)31(40)36-19-20-8-10-24(11-9-20)39-29(25-7-4-15-35-28(25)33)38-27-13-12-26(37-30(27)39)21-5-2-1-3-6-21/h1-17H,19H2,(H2,33,35)(H,36,40). The number of imidazole rings is 1. The molecule has 0 radical (unpaired) electrons. The number of hydrogen-bond acceptors (Lipinski definition) is 7. The first-order valence-corrected chi connectivity index (χ1v) is 12.5. The molecule has 0 aliphatic heterocycles. The summed E-state index contributed by atoms with van der Waals surface area (Å²) < 4.78 is 1.97. The van der Waals surface area contributed by atoms with Crippen molar-refractivity contribution < 1.29 is 4.79 Å². The molecule has 0 atom stereocenters. The normalized spacial score (nSPS) is 10.8. The zero-order chi connectivity index (χ0) is 27.5. The van der Waals surface area contributed by atoms with Crippen molar-refractivity contribution in [3.05, 3.63) is 120 Å². The second-order valence-electron chi connectivity index (χ2n) is 9.00. The van der Waals surface area contributed by atoms with Gasteiger partial charge in [-0.2, -0.15) is 5.26 Å². The van der Waals surface area contributed by atoms with Crippen molar-refractivity contribution in [1.82, 2.24) is 29.8 Å². The third-order valence-corrected chi connectivity index (χ3v) is 6.44. The average Bonchev–Trinajstić information content (AvgIpc) is 3.39. The van der Waals surface area contributed by atoms with Gasteiger partial charge in [0.2, 0.25) is 0 Å². The molecule has 9 heteroatoms. The fourth-order valence-electron chi connectivity index (χ4n) is 4.44. The third-order valence-electron chi connectivity index (χ3n) is 6.44. The highest BCUT2D eigenvalue weighted by Crippen LogP contribution is 2.31. The van der Waals surface area contributed by atoms with Crippen LogP contribution in [0.2, 0.25) is 0 Å². The van der Waals surface area contributed by atoms with Crippen LogP contribution in [0, 0.1) is 11.3 Å². The second-order valence-corrected chi connectivity index (χ2v) is 9.00. The van der Waals surface area contributed by atoms with Gasteiger partial charge in [-0.25, -0.2) is 19.9 Å². The van der Waals surface area contributed by atoms with E-state index in [1.54, 1.807) is 12.3 Å². The van der Waals surface area contributed by atoms with Crippen molar-refractivity contribution in [3.8, 4) is 34.4 Å². The molecule has 6 aromatic rings. The number of carbonyl (C=O) groups is 1. The first kappa shape index (κ1) is 24.5. The van der Waals surface area contributed by atoms with Gasteiger partial charge in [-0.15, -0.1) is 0 Å².